The number of nitrogens with zero attached hydrogens (tertiary/aromatic N) is 2. The first kappa shape index (κ1) is 17.4. The van der Waals surface area contributed by atoms with Gasteiger partial charge in [-0.2, -0.15) is 0 Å². The van der Waals surface area contributed by atoms with Gasteiger partial charge in [-0.15, -0.1) is 0 Å². The van der Waals surface area contributed by atoms with Gasteiger partial charge in [0.2, 0.25) is 0 Å². The van der Waals surface area contributed by atoms with Crippen LogP contribution >= 0.6 is 0 Å². The molecule has 0 saturated heterocycles. The van der Waals surface area contributed by atoms with Crippen LogP contribution in [-0.4, -0.2) is 26.0 Å². The summed E-state index contributed by atoms with van der Waals surface area (Å²) in [6.45, 7) is 0. The van der Waals surface area contributed by atoms with E-state index in [1.807, 2.05) is 6.07 Å². The molecule has 5 nitrogen and oxygen atoms in total. The number of rotatable bonds is 3. The second kappa shape index (κ2) is 7.64. The number of pyridine rings is 2. The van der Waals surface area contributed by atoms with Crippen molar-refractivity contribution in [1.82, 2.24) is 14.7 Å². The Morgan fingerprint density at radius 1 is 1.04 bits per heavy atom. The predicted molar refractivity (Wildman–Crippen MR) is 102 cm³/mol. The molecule has 1 unspecified atom stereocenters. The molecular formula is C20H15N3O2S. The van der Waals surface area contributed by atoms with E-state index in [2.05, 4.69) is 32.4 Å². The van der Waals surface area contributed by atoms with Crippen LogP contribution in [0.4, 0.5) is 0 Å². The van der Waals surface area contributed by atoms with Crippen molar-refractivity contribution in [3.8, 4) is 11.8 Å². The molecule has 0 aliphatic carbocycles. The van der Waals surface area contributed by atoms with Crippen molar-refractivity contribution in [2.24, 2.45) is 0 Å². The highest BCUT2D eigenvalue weighted by Crippen LogP contribution is 2.09. The number of carbonyl (C=O) groups is 1. The number of aromatic nitrogens is 2. The van der Waals surface area contributed by atoms with E-state index < -0.39 is 15.6 Å². The minimum absolute atomic E-state index is 0.255. The highest BCUT2D eigenvalue weighted by atomic mass is 32.2. The molecule has 26 heavy (non-hydrogen) atoms. The lowest BCUT2D eigenvalue weighted by Gasteiger charge is -2.11. The minimum Gasteiger partial charge on any atom is -0.275 e. The largest absolute Gasteiger partial charge is 0.275 e. The van der Waals surface area contributed by atoms with Gasteiger partial charge in [-0.1, -0.05) is 30.2 Å². The van der Waals surface area contributed by atoms with Crippen LogP contribution in [0, 0.1) is 11.8 Å². The molecule has 0 radical (unpaired) electrons. The lowest BCUT2D eigenvalue weighted by molar-refractivity contribution is 0.0982. The smallest absolute Gasteiger partial charge is 0.264 e. The lowest BCUT2D eigenvalue weighted by atomic mass is 10.2. The van der Waals surface area contributed by atoms with Crippen molar-refractivity contribution in [2.45, 2.75) is 4.90 Å². The standard InChI is InChI=1S/C20H15N3O2S/c1-26(25,19-8-3-2-4-9-19)23-20(24)17-13-16(14-21-15-17)10-11-18-7-5-6-12-22-18/h2-9,12-15H,1H2,(H,23,24,25). The van der Waals surface area contributed by atoms with Crippen LogP contribution in [0.15, 0.2) is 78.1 Å². The summed E-state index contributed by atoms with van der Waals surface area (Å²) in [5, 5.41) is 0. The van der Waals surface area contributed by atoms with Crippen molar-refractivity contribution < 1.29 is 9.00 Å². The zero-order chi connectivity index (χ0) is 18.4. The first-order valence-corrected chi connectivity index (χ1v) is 9.40. The van der Waals surface area contributed by atoms with E-state index >= 15 is 0 Å². The Labute approximate surface area is 152 Å². The molecule has 3 aromatic rings. The van der Waals surface area contributed by atoms with Gasteiger partial charge in [-0.25, -0.2) is 9.19 Å². The van der Waals surface area contributed by atoms with Crippen LogP contribution in [-0.2, 0) is 9.71 Å². The molecule has 0 aliphatic heterocycles. The fourth-order valence-corrected chi connectivity index (χ4v) is 3.25. The van der Waals surface area contributed by atoms with Crippen LogP contribution in [0.1, 0.15) is 21.6 Å². The zero-order valence-corrected chi connectivity index (χ0v) is 14.6. The third-order valence-electron chi connectivity index (χ3n) is 3.38. The quantitative estimate of drug-likeness (QED) is 0.574. The maximum absolute atomic E-state index is 12.7. The Hall–Kier alpha value is -3.43. The highest BCUT2D eigenvalue weighted by Gasteiger charge is 2.13. The molecule has 3 rings (SSSR count). The number of hydrogen-bond donors (Lipinski definition) is 1. The van der Waals surface area contributed by atoms with E-state index in [9.17, 15) is 9.00 Å². The molecule has 1 atom stereocenters. The van der Waals surface area contributed by atoms with Crippen LogP contribution in [0.25, 0.3) is 0 Å². The SMILES string of the molecule is C=S(=O)(NC(=O)c1cncc(C#Cc2ccccn2)c1)c1ccccc1. The van der Waals surface area contributed by atoms with E-state index in [0.717, 1.165) is 0 Å². The van der Waals surface area contributed by atoms with Crippen LogP contribution in [0.3, 0.4) is 0 Å². The van der Waals surface area contributed by atoms with Crippen molar-refractivity contribution in [2.75, 3.05) is 0 Å². The third kappa shape index (κ3) is 4.35. The summed E-state index contributed by atoms with van der Waals surface area (Å²) < 4.78 is 15.1. The van der Waals surface area contributed by atoms with Crippen LogP contribution < -0.4 is 4.72 Å². The molecule has 0 bridgehead atoms. The molecule has 0 saturated carbocycles. The van der Waals surface area contributed by atoms with Crippen LogP contribution in [0.5, 0.6) is 0 Å². The summed E-state index contributed by atoms with van der Waals surface area (Å²) in [6, 6.07) is 15.6. The van der Waals surface area contributed by atoms with E-state index in [1.165, 1.54) is 6.20 Å². The maximum atomic E-state index is 12.7. The summed E-state index contributed by atoms with van der Waals surface area (Å²) in [4.78, 5) is 21.0. The predicted octanol–water partition coefficient (Wildman–Crippen LogP) is 2.30. The van der Waals surface area contributed by atoms with Gasteiger partial charge >= 0.3 is 0 Å². The Morgan fingerprint density at radius 3 is 2.54 bits per heavy atom. The van der Waals surface area contributed by atoms with Gasteiger partial charge in [0.1, 0.15) is 5.69 Å². The number of benzene rings is 1. The van der Waals surface area contributed by atoms with E-state index in [4.69, 9.17) is 0 Å². The second-order valence-electron chi connectivity index (χ2n) is 5.35. The summed E-state index contributed by atoms with van der Waals surface area (Å²) in [6.07, 6.45) is 4.59. The molecule has 2 heterocycles. The van der Waals surface area contributed by atoms with Crippen molar-refractivity contribution in [3.63, 3.8) is 0 Å². The summed E-state index contributed by atoms with van der Waals surface area (Å²) in [7, 11) is -2.95. The summed E-state index contributed by atoms with van der Waals surface area (Å²) >= 11 is 0. The van der Waals surface area contributed by atoms with Crippen molar-refractivity contribution in [1.29, 1.82) is 0 Å². The molecule has 1 N–H and O–H groups in total. The van der Waals surface area contributed by atoms with Crippen LogP contribution in [0.2, 0.25) is 0 Å². The monoisotopic (exact) mass is 361 g/mol. The molecule has 2 aromatic heterocycles. The molecule has 1 amide bonds. The molecule has 6 heteroatoms. The van der Waals surface area contributed by atoms with Gasteiger partial charge in [-0.05, 0) is 42.1 Å². The van der Waals surface area contributed by atoms with Gasteiger partial charge in [0.05, 0.1) is 15.3 Å². The van der Waals surface area contributed by atoms with Crippen molar-refractivity contribution in [3.05, 3.63) is 90.0 Å². The maximum Gasteiger partial charge on any atom is 0.264 e. The molecule has 0 fully saturated rings. The van der Waals surface area contributed by atoms with E-state index in [1.54, 1.807) is 60.9 Å². The van der Waals surface area contributed by atoms with Gasteiger partial charge < -0.3 is 0 Å². The lowest BCUT2D eigenvalue weighted by Crippen LogP contribution is -2.30. The molecule has 0 spiro atoms. The molecule has 1 aromatic carbocycles. The number of amides is 1. The third-order valence-corrected chi connectivity index (χ3v) is 4.93. The number of nitrogens with one attached hydrogen (secondary N) is 1. The van der Waals surface area contributed by atoms with Crippen molar-refractivity contribution >= 4 is 21.5 Å². The molecular weight excluding hydrogens is 346 g/mol. The first-order valence-electron chi connectivity index (χ1n) is 7.67. The number of hydrogen-bond acceptors (Lipinski definition) is 4. The fourth-order valence-electron chi connectivity index (χ4n) is 2.11. The second-order valence-corrected chi connectivity index (χ2v) is 7.37. The fraction of sp³-hybridized carbons (Fsp3) is 0. The Kier molecular flexibility index (Phi) is 5.11. The van der Waals surface area contributed by atoms with Gasteiger partial charge in [0, 0.05) is 29.0 Å². The average Bonchev–Trinajstić information content (AvgIpc) is 2.68. The Balaban J connectivity index is 1.80. The summed E-state index contributed by atoms with van der Waals surface area (Å²) in [5.41, 5.74) is 1.43. The zero-order valence-electron chi connectivity index (χ0n) is 13.8. The van der Waals surface area contributed by atoms with Gasteiger partial charge in [0.25, 0.3) is 5.91 Å². The normalized spacial score (nSPS) is 12.3. The number of carbonyl (C=O) groups excluding carboxylic acids is 1. The first-order chi connectivity index (χ1) is 12.5. The van der Waals surface area contributed by atoms with Gasteiger partial charge in [0.15, 0.2) is 0 Å². The Morgan fingerprint density at radius 2 is 1.81 bits per heavy atom. The average molecular weight is 361 g/mol. The molecule has 0 aliphatic rings. The topological polar surface area (TPSA) is 72.0 Å². The Bertz CT molecular complexity index is 1080. The highest BCUT2D eigenvalue weighted by molar-refractivity contribution is 7.99. The van der Waals surface area contributed by atoms with Gasteiger partial charge in [-0.3, -0.25) is 14.5 Å². The minimum atomic E-state index is -2.95. The van der Waals surface area contributed by atoms with E-state index in [-0.39, 0.29) is 5.56 Å². The molecule has 128 valence electrons. The summed E-state index contributed by atoms with van der Waals surface area (Å²) in [5.74, 6) is 8.93. The van der Waals surface area contributed by atoms with E-state index in [0.29, 0.717) is 16.2 Å².